The number of para-hydroxylation sites is 1. The second-order valence-electron chi connectivity index (χ2n) is 4.32. The van der Waals surface area contributed by atoms with Gasteiger partial charge < -0.3 is 4.74 Å². The highest BCUT2D eigenvalue weighted by atomic mass is 16.5. The second kappa shape index (κ2) is 3.06. The largest absolute Gasteiger partial charge is 0.488 e. The molecule has 70 valence electrons. The predicted octanol–water partition coefficient (Wildman–Crippen LogP) is 3.18. The second-order valence-corrected chi connectivity index (χ2v) is 4.32. The van der Waals surface area contributed by atoms with E-state index < -0.39 is 0 Å². The SMILES string of the molecule is CC1(C)CCCc2ccccc2O1. The van der Waals surface area contributed by atoms with Gasteiger partial charge in [-0.15, -0.1) is 0 Å². The van der Waals surface area contributed by atoms with Crippen LogP contribution in [0.3, 0.4) is 0 Å². The first kappa shape index (κ1) is 8.61. The first-order chi connectivity index (χ1) is 6.17. The van der Waals surface area contributed by atoms with E-state index in [4.69, 9.17) is 4.74 Å². The van der Waals surface area contributed by atoms with Crippen LogP contribution < -0.4 is 4.74 Å². The molecule has 0 radical (unpaired) electrons. The Kier molecular flexibility index (Phi) is 2.03. The lowest BCUT2D eigenvalue weighted by atomic mass is 10.0. The topological polar surface area (TPSA) is 9.23 Å². The van der Waals surface area contributed by atoms with Gasteiger partial charge in [0.25, 0.3) is 0 Å². The lowest BCUT2D eigenvalue weighted by Crippen LogP contribution is -2.26. The quantitative estimate of drug-likeness (QED) is 0.590. The Morgan fingerprint density at radius 2 is 2.00 bits per heavy atom. The molecule has 0 aliphatic carbocycles. The fourth-order valence-corrected chi connectivity index (χ4v) is 1.86. The van der Waals surface area contributed by atoms with Crippen LogP contribution in [0, 0.1) is 0 Å². The fraction of sp³-hybridized carbons (Fsp3) is 0.500. The molecule has 0 bridgehead atoms. The Morgan fingerprint density at radius 1 is 1.23 bits per heavy atom. The number of ether oxygens (including phenoxy) is 1. The zero-order chi connectivity index (χ0) is 9.31. The summed E-state index contributed by atoms with van der Waals surface area (Å²) in [7, 11) is 0. The van der Waals surface area contributed by atoms with Crippen molar-refractivity contribution in [3.63, 3.8) is 0 Å². The third kappa shape index (κ3) is 1.85. The lowest BCUT2D eigenvalue weighted by molar-refractivity contribution is 0.103. The Bertz CT molecular complexity index is 302. The highest BCUT2D eigenvalue weighted by Crippen LogP contribution is 2.30. The summed E-state index contributed by atoms with van der Waals surface area (Å²) in [6, 6.07) is 8.36. The Morgan fingerprint density at radius 3 is 2.85 bits per heavy atom. The number of hydrogen-bond donors (Lipinski definition) is 0. The van der Waals surface area contributed by atoms with E-state index in [0.29, 0.717) is 0 Å². The number of rotatable bonds is 0. The Labute approximate surface area is 79.7 Å². The number of benzene rings is 1. The summed E-state index contributed by atoms with van der Waals surface area (Å²) in [5.74, 6) is 1.07. The van der Waals surface area contributed by atoms with E-state index in [9.17, 15) is 0 Å². The van der Waals surface area contributed by atoms with Crippen LogP contribution in [0.5, 0.6) is 5.75 Å². The fourth-order valence-electron chi connectivity index (χ4n) is 1.86. The normalized spacial score (nSPS) is 19.8. The third-order valence-corrected chi connectivity index (χ3v) is 2.58. The summed E-state index contributed by atoms with van der Waals surface area (Å²) in [4.78, 5) is 0. The van der Waals surface area contributed by atoms with E-state index in [1.54, 1.807) is 0 Å². The van der Waals surface area contributed by atoms with Crippen molar-refractivity contribution in [2.24, 2.45) is 0 Å². The minimum Gasteiger partial charge on any atom is -0.488 e. The van der Waals surface area contributed by atoms with Gasteiger partial charge in [0.2, 0.25) is 0 Å². The molecule has 1 aromatic carbocycles. The molecule has 1 nitrogen and oxygen atoms in total. The first-order valence-electron chi connectivity index (χ1n) is 4.94. The van der Waals surface area contributed by atoms with E-state index in [1.165, 1.54) is 12.0 Å². The molecule has 0 unspecified atom stereocenters. The highest BCUT2D eigenvalue weighted by molar-refractivity contribution is 5.34. The maximum atomic E-state index is 5.94. The summed E-state index contributed by atoms with van der Waals surface area (Å²) in [5, 5.41) is 0. The van der Waals surface area contributed by atoms with Gasteiger partial charge in [-0.3, -0.25) is 0 Å². The van der Waals surface area contributed by atoms with E-state index in [0.717, 1.165) is 18.6 Å². The van der Waals surface area contributed by atoms with Crippen molar-refractivity contribution < 1.29 is 4.74 Å². The Hall–Kier alpha value is -0.980. The van der Waals surface area contributed by atoms with Gasteiger partial charge >= 0.3 is 0 Å². The average molecular weight is 176 g/mol. The molecule has 0 N–H and O–H groups in total. The monoisotopic (exact) mass is 176 g/mol. The summed E-state index contributed by atoms with van der Waals surface area (Å²) >= 11 is 0. The van der Waals surface area contributed by atoms with Gasteiger partial charge in [0, 0.05) is 0 Å². The van der Waals surface area contributed by atoms with Crippen LogP contribution in [0.25, 0.3) is 0 Å². The van der Waals surface area contributed by atoms with Gasteiger partial charge in [0.05, 0.1) is 0 Å². The highest BCUT2D eigenvalue weighted by Gasteiger charge is 2.23. The van der Waals surface area contributed by atoms with Crippen LogP contribution in [0.4, 0.5) is 0 Å². The molecule has 0 amide bonds. The smallest absolute Gasteiger partial charge is 0.123 e. The number of hydrogen-bond acceptors (Lipinski definition) is 1. The molecule has 0 saturated heterocycles. The van der Waals surface area contributed by atoms with Crippen molar-refractivity contribution >= 4 is 0 Å². The van der Waals surface area contributed by atoms with Crippen molar-refractivity contribution in [3.05, 3.63) is 29.8 Å². The van der Waals surface area contributed by atoms with E-state index in [1.807, 2.05) is 6.07 Å². The molecular formula is C12H16O. The molecule has 0 spiro atoms. The predicted molar refractivity (Wildman–Crippen MR) is 54.1 cm³/mol. The van der Waals surface area contributed by atoms with Crippen LogP contribution in [0.1, 0.15) is 32.3 Å². The number of fused-ring (bicyclic) bond motifs is 1. The van der Waals surface area contributed by atoms with E-state index in [-0.39, 0.29) is 5.60 Å². The molecule has 13 heavy (non-hydrogen) atoms. The van der Waals surface area contributed by atoms with E-state index in [2.05, 4.69) is 32.0 Å². The summed E-state index contributed by atoms with van der Waals surface area (Å²) < 4.78 is 5.94. The van der Waals surface area contributed by atoms with E-state index >= 15 is 0 Å². The van der Waals surface area contributed by atoms with Crippen LogP contribution >= 0.6 is 0 Å². The maximum Gasteiger partial charge on any atom is 0.123 e. The minimum atomic E-state index is 0.00655. The van der Waals surface area contributed by atoms with Gasteiger partial charge in [-0.2, -0.15) is 0 Å². The molecule has 1 aliphatic heterocycles. The van der Waals surface area contributed by atoms with Crippen molar-refractivity contribution in [2.75, 3.05) is 0 Å². The van der Waals surface area contributed by atoms with Crippen LogP contribution in [-0.4, -0.2) is 5.60 Å². The van der Waals surface area contributed by atoms with Gasteiger partial charge in [-0.25, -0.2) is 0 Å². The van der Waals surface area contributed by atoms with Gasteiger partial charge in [-0.1, -0.05) is 18.2 Å². The van der Waals surface area contributed by atoms with Gasteiger partial charge in [-0.05, 0) is 44.7 Å². The van der Waals surface area contributed by atoms with Crippen LogP contribution in [-0.2, 0) is 6.42 Å². The third-order valence-electron chi connectivity index (χ3n) is 2.58. The lowest BCUT2D eigenvalue weighted by Gasteiger charge is -2.24. The van der Waals surface area contributed by atoms with Crippen LogP contribution in [0.2, 0.25) is 0 Å². The first-order valence-corrected chi connectivity index (χ1v) is 4.94. The van der Waals surface area contributed by atoms with Crippen molar-refractivity contribution in [3.8, 4) is 5.75 Å². The average Bonchev–Trinajstić information content (AvgIpc) is 2.21. The van der Waals surface area contributed by atoms with Crippen LogP contribution in [0.15, 0.2) is 24.3 Å². The molecular weight excluding hydrogens is 160 g/mol. The molecule has 1 aromatic rings. The molecule has 1 aliphatic rings. The van der Waals surface area contributed by atoms with Gasteiger partial charge in [0.1, 0.15) is 11.4 Å². The molecule has 1 heteroatoms. The number of aryl methyl sites for hydroxylation is 1. The Balaban J connectivity index is 2.34. The summed E-state index contributed by atoms with van der Waals surface area (Å²) in [5.41, 5.74) is 1.36. The zero-order valence-electron chi connectivity index (χ0n) is 8.34. The summed E-state index contributed by atoms with van der Waals surface area (Å²) in [6.07, 6.45) is 3.52. The standard InChI is InChI=1S/C12H16O/c1-12(2)9-5-7-10-6-3-4-8-11(10)13-12/h3-4,6,8H,5,7,9H2,1-2H3. The molecule has 0 saturated carbocycles. The molecule has 0 fully saturated rings. The molecule has 2 rings (SSSR count). The van der Waals surface area contributed by atoms with Crippen molar-refractivity contribution in [1.29, 1.82) is 0 Å². The maximum absolute atomic E-state index is 5.94. The van der Waals surface area contributed by atoms with Crippen molar-refractivity contribution in [2.45, 2.75) is 38.7 Å². The molecule has 1 heterocycles. The van der Waals surface area contributed by atoms with Crippen molar-refractivity contribution in [1.82, 2.24) is 0 Å². The van der Waals surface area contributed by atoms with Gasteiger partial charge in [0.15, 0.2) is 0 Å². The summed E-state index contributed by atoms with van der Waals surface area (Å²) in [6.45, 7) is 4.32. The minimum absolute atomic E-state index is 0.00655. The molecule has 0 aromatic heterocycles. The zero-order valence-corrected chi connectivity index (χ0v) is 8.34. The molecule has 0 atom stereocenters.